The Hall–Kier alpha value is -1.67. The van der Waals surface area contributed by atoms with Gasteiger partial charge in [0, 0.05) is 52.4 Å². The van der Waals surface area contributed by atoms with Crippen molar-refractivity contribution in [2.24, 2.45) is 0 Å². The van der Waals surface area contributed by atoms with Gasteiger partial charge in [0.1, 0.15) is 11.4 Å². The molecule has 0 unspecified atom stereocenters. The number of carbonyl (C=O) groups is 2. The van der Waals surface area contributed by atoms with Crippen molar-refractivity contribution in [3.63, 3.8) is 0 Å². The molecule has 3 heterocycles. The molecule has 142 valence electrons. The highest BCUT2D eigenvalue weighted by molar-refractivity contribution is 5.99. The monoisotopic (exact) mass is 359 g/mol. The summed E-state index contributed by atoms with van der Waals surface area (Å²) in [5.74, 6) is -0.0207. The molecule has 0 saturated carbocycles. The van der Waals surface area contributed by atoms with Gasteiger partial charge in [0.15, 0.2) is 11.6 Å². The van der Waals surface area contributed by atoms with Crippen molar-refractivity contribution in [3.8, 4) is 0 Å². The molecule has 2 aliphatic heterocycles. The minimum absolute atomic E-state index is 0.0104. The van der Waals surface area contributed by atoms with Crippen LogP contribution >= 0.6 is 0 Å². The predicted molar refractivity (Wildman–Crippen MR) is 101 cm³/mol. The topological polar surface area (TPSA) is 60.0 Å². The standard InChI is InChI=1S/C19H29N5O2/c1-21-6-10-23(11-7-21)14-18(25)16-4-3-5-17(20-16)19(26)15-24-12-8-22(2)9-13-24/h3-5H,6-15H2,1-2H3. The van der Waals surface area contributed by atoms with E-state index in [2.05, 4.69) is 38.7 Å². The third-order valence-electron chi connectivity index (χ3n) is 5.25. The largest absolute Gasteiger partial charge is 0.304 e. The van der Waals surface area contributed by atoms with E-state index in [0.717, 1.165) is 52.4 Å². The van der Waals surface area contributed by atoms with E-state index in [1.807, 2.05) is 0 Å². The molecule has 0 aliphatic carbocycles. The molecule has 1 aromatic rings. The summed E-state index contributed by atoms with van der Waals surface area (Å²) >= 11 is 0. The lowest BCUT2D eigenvalue weighted by molar-refractivity contribution is 0.0866. The molecule has 2 saturated heterocycles. The maximum absolute atomic E-state index is 12.6. The van der Waals surface area contributed by atoms with Gasteiger partial charge in [-0.3, -0.25) is 19.4 Å². The van der Waals surface area contributed by atoms with Crippen molar-refractivity contribution >= 4 is 11.6 Å². The Morgan fingerprint density at radius 3 is 1.54 bits per heavy atom. The maximum Gasteiger partial charge on any atom is 0.195 e. The second-order valence-corrected chi connectivity index (χ2v) is 7.41. The summed E-state index contributed by atoms with van der Waals surface area (Å²) in [6, 6.07) is 5.19. The third kappa shape index (κ3) is 5.17. The molecule has 2 aliphatic rings. The number of aromatic nitrogens is 1. The van der Waals surface area contributed by atoms with E-state index in [0.29, 0.717) is 24.5 Å². The first-order valence-electron chi connectivity index (χ1n) is 9.36. The van der Waals surface area contributed by atoms with Gasteiger partial charge in [0.05, 0.1) is 13.1 Å². The quantitative estimate of drug-likeness (QED) is 0.660. The van der Waals surface area contributed by atoms with Gasteiger partial charge in [0.2, 0.25) is 0 Å². The zero-order valence-corrected chi connectivity index (χ0v) is 15.9. The average molecular weight is 359 g/mol. The van der Waals surface area contributed by atoms with Crippen molar-refractivity contribution in [2.75, 3.05) is 79.5 Å². The summed E-state index contributed by atoms with van der Waals surface area (Å²) in [4.78, 5) is 38.3. The van der Waals surface area contributed by atoms with Crippen LogP contribution in [0.4, 0.5) is 0 Å². The van der Waals surface area contributed by atoms with Gasteiger partial charge in [-0.1, -0.05) is 6.07 Å². The first kappa shape index (κ1) is 19.1. The van der Waals surface area contributed by atoms with Crippen LogP contribution < -0.4 is 0 Å². The van der Waals surface area contributed by atoms with Crippen LogP contribution in [0.1, 0.15) is 21.0 Å². The number of rotatable bonds is 6. The van der Waals surface area contributed by atoms with E-state index in [-0.39, 0.29) is 11.6 Å². The smallest absolute Gasteiger partial charge is 0.195 e. The van der Waals surface area contributed by atoms with Crippen LogP contribution in [0.5, 0.6) is 0 Å². The minimum atomic E-state index is -0.0104. The van der Waals surface area contributed by atoms with Gasteiger partial charge >= 0.3 is 0 Å². The van der Waals surface area contributed by atoms with E-state index < -0.39 is 0 Å². The van der Waals surface area contributed by atoms with Gasteiger partial charge in [-0.25, -0.2) is 4.98 Å². The number of ketones is 2. The van der Waals surface area contributed by atoms with Gasteiger partial charge < -0.3 is 9.80 Å². The van der Waals surface area contributed by atoms with Gasteiger partial charge in [-0.15, -0.1) is 0 Å². The first-order chi connectivity index (χ1) is 12.5. The Balaban J connectivity index is 1.56. The molecule has 1 aromatic heterocycles. The van der Waals surface area contributed by atoms with Crippen LogP contribution in [0.25, 0.3) is 0 Å². The number of hydrogen-bond acceptors (Lipinski definition) is 7. The van der Waals surface area contributed by atoms with Crippen LogP contribution in [-0.4, -0.2) is 116 Å². The van der Waals surface area contributed by atoms with Crippen LogP contribution in [0.15, 0.2) is 18.2 Å². The fourth-order valence-electron chi connectivity index (χ4n) is 3.33. The molecule has 7 nitrogen and oxygen atoms in total. The summed E-state index contributed by atoms with van der Waals surface area (Å²) in [6.07, 6.45) is 0. The molecule has 0 N–H and O–H groups in total. The first-order valence-corrected chi connectivity index (χ1v) is 9.36. The zero-order chi connectivity index (χ0) is 18.5. The Labute approximate surface area is 155 Å². The second-order valence-electron chi connectivity index (χ2n) is 7.41. The fraction of sp³-hybridized carbons (Fsp3) is 0.632. The summed E-state index contributed by atoms with van der Waals surface area (Å²) < 4.78 is 0. The lowest BCUT2D eigenvalue weighted by Crippen LogP contribution is -2.46. The molecular formula is C19H29N5O2. The van der Waals surface area contributed by atoms with Crippen molar-refractivity contribution in [3.05, 3.63) is 29.6 Å². The molecule has 0 aromatic carbocycles. The number of piperazine rings is 2. The maximum atomic E-state index is 12.6. The van der Waals surface area contributed by atoms with Crippen molar-refractivity contribution < 1.29 is 9.59 Å². The van der Waals surface area contributed by atoms with Crippen LogP contribution in [0.3, 0.4) is 0 Å². The molecule has 0 amide bonds. The Kier molecular flexibility index (Phi) is 6.48. The summed E-state index contributed by atoms with van der Waals surface area (Å²) in [7, 11) is 4.19. The molecule has 0 spiro atoms. The normalized spacial score (nSPS) is 21.0. The molecule has 0 atom stereocenters. The van der Waals surface area contributed by atoms with E-state index in [4.69, 9.17) is 0 Å². The van der Waals surface area contributed by atoms with Crippen LogP contribution in [-0.2, 0) is 0 Å². The second kappa shape index (κ2) is 8.81. The molecule has 26 heavy (non-hydrogen) atoms. The van der Waals surface area contributed by atoms with Crippen molar-refractivity contribution in [1.29, 1.82) is 0 Å². The molecule has 0 radical (unpaired) electrons. The number of likely N-dealkylation sites (N-methyl/N-ethyl adjacent to an activating group) is 2. The summed E-state index contributed by atoms with van der Waals surface area (Å²) in [5, 5.41) is 0. The third-order valence-corrected chi connectivity index (χ3v) is 5.25. The summed E-state index contributed by atoms with van der Waals surface area (Å²) in [5.41, 5.74) is 0.793. The van der Waals surface area contributed by atoms with E-state index in [9.17, 15) is 9.59 Å². The number of nitrogens with zero attached hydrogens (tertiary/aromatic N) is 5. The molecule has 7 heteroatoms. The van der Waals surface area contributed by atoms with Crippen LogP contribution in [0.2, 0.25) is 0 Å². The Morgan fingerprint density at radius 2 is 1.15 bits per heavy atom. The minimum Gasteiger partial charge on any atom is -0.304 e. The number of pyridine rings is 1. The van der Waals surface area contributed by atoms with Gasteiger partial charge in [-0.05, 0) is 26.2 Å². The number of hydrogen-bond donors (Lipinski definition) is 0. The predicted octanol–water partition coefficient (Wildman–Crippen LogP) is -0.0582. The highest BCUT2D eigenvalue weighted by atomic mass is 16.1. The highest BCUT2D eigenvalue weighted by Gasteiger charge is 2.21. The Bertz CT molecular complexity index is 583. The molecule has 3 rings (SSSR count). The van der Waals surface area contributed by atoms with Crippen molar-refractivity contribution in [1.82, 2.24) is 24.6 Å². The lowest BCUT2D eigenvalue weighted by Gasteiger charge is -2.31. The zero-order valence-electron chi connectivity index (χ0n) is 15.9. The van der Waals surface area contributed by atoms with Crippen LogP contribution in [0, 0.1) is 0 Å². The molecule has 2 fully saturated rings. The van der Waals surface area contributed by atoms with Gasteiger partial charge in [0.25, 0.3) is 0 Å². The summed E-state index contributed by atoms with van der Waals surface area (Å²) in [6.45, 7) is 8.22. The average Bonchev–Trinajstić information content (AvgIpc) is 2.65. The molecular weight excluding hydrogens is 330 g/mol. The van der Waals surface area contributed by atoms with Crippen molar-refractivity contribution in [2.45, 2.75) is 0 Å². The van der Waals surface area contributed by atoms with Gasteiger partial charge in [-0.2, -0.15) is 0 Å². The lowest BCUT2D eigenvalue weighted by atomic mass is 10.1. The highest BCUT2D eigenvalue weighted by Crippen LogP contribution is 2.07. The van der Waals surface area contributed by atoms with E-state index >= 15 is 0 Å². The van der Waals surface area contributed by atoms with E-state index in [1.54, 1.807) is 18.2 Å². The Morgan fingerprint density at radius 1 is 0.769 bits per heavy atom. The number of carbonyl (C=O) groups excluding carboxylic acids is 2. The molecule has 0 bridgehead atoms. The number of Topliss-reactive ketones (excluding diaryl/α,β-unsaturated/α-hetero) is 2. The fourth-order valence-corrected chi connectivity index (χ4v) is 3.33. The van der Waals surface area contributed by atoms with E-state index in [1.165, 1.54) is 0 Å². The SMILES string of the molecule is CN1CCN(CC(=O)c2cccc(C(=O)CN3CCN(C)CC3)n2)CC1.